The van der Waals surface area contributed by atoms with Crippen LogP contribution in [0.4, 0.5) is 0 Å². The second-order valence-electron chi connectivity index (χ2n) is 3.37. The van der Waals surface area contributed by atoms with E-state index in [0.29, 0.717) is 0 Å². The average Bonchev–Trinajstić information content (AvgIpc) is 2.63. The summed E-state index contributed by atoms with van der Waals surface area (Å²) in [6, 6.07) is 6.16. The molecule has 3 heteroatoms. The van der Waals surface area contributed by atoms with Crippen LogP contribution >= 0.6 is 0 Å². The molecule has 1 N–H and O–H groups in total. The molecule has 0 spiro atoms. The summed E-state index contributed by atoms with van der Waals surface area (Å²) in [4.78, 5) is 4.29. The lowest BCUT2D eigenvalue weighted by Gasteiger charge is -2.04. The topological polar surface area (TPSA) is 29.9 Å². The fraction of sp³-hybridized carbons (Fsp3) is 0.364. The second-order valence-corrected chi connectivity index (χ2v) is 3.37. The van der Waals surface area contributed by atoms with E-state index in [2.05, 4.69) is 33.2 Å². The van der Waals surface area contributed by atoms with Crippen molar-refractivity contribution in [2.24, 2.45) is 0 Å². The van der Waals surface area contributed by atoms with Crippen molar-refractivity contribution in [2.45, 2.75) is 13.0 Å². The zero-order valence-electron chi connectivity index (χ0n) is 8.40. The summed E-state index contributed by atoms with van der Waals surface area (Å²) in [6.07, 6.45) is 5.09. The van der Waals surface area contributed by atoms with Crippen LogP contribution in [0, 0.1) is 0 Å². The standard InChI is InChI=1S/C11H15N3/c1-12-6-3-8-14-9-5-10-11(14)4-2-7-13-10/h2,4-5,7,9,12H,3,6,8H2,1H3. The van der Waals surface area contributed by atoms with Gasteiger partial charge >= 0.3 is 0 Å². The van der Waals surface area contributed by atoms with E-state index < -0.39 is 0 Å². The highest BCUT2D eigenvalue weighted by molar-refractivity contribution is 5.75. The molecule has 0 fully saturated rings. The Morgan fingerprint density at radius 2 is 2.36 bits per heavy atom. The van der Waals surface area contributed by atoms with Gasteiger partial charge in [-0.15, -0.1) is 0 Å². The largest absolute Gasteiger partial charge is 0.346 e. The number of aryl methyl sites for hydroxylation is 1. The SMILES string of the molecule is CNCCCn1ccc2ncccc21. The third kappa shape index (κ3) is 1.77. The van der Waals surface area contributed by atoms with Crippen LogP contribution in [0.1, 0.15) is 6.42 Å². The Hall–Kier alpha value is -1.35. The molecule has 2 aromatic heterocycles. The van der Waals surface area contributed by atoms with Gasteiger partial charge < -0.3 is 9.88 Å². The van der Waals surface area contributed by atoms with Crippen LogP contribution in [0.5, 0.6) is 0 Å². The number of nitrogens with one attached hydrogen (secondary N) is 1. The number of fused-ring (bicyclic) bond motifs is 1. The number of nitrogens with zero attached hydrogens (tertiary/aromatic N) is 2. The molecule has 14 heavy (non-hydrogen) atoms. The van der Waals surface area contributed by atoms with Crippen LogP contribution in [0.3, 0.4) is 0 Å². The monoisotopic (exact) mass is 189 g/mol. The van der Waals surface area contributed by atoms with E-state index >= 15 is 0 Å². The first-order chi connectivity index (χ1) is 6.92. The Kier molecular flexibility index (Phi) is 2.79. The van der Waals surface area contributed by atoms with Gasteiger partial charge in [0.05, 0.1) is 11.0 Å². The van der Waals surface area contributed by atoms with Gasteiger partial charge in [0, 0.05) is 18.9 Å². The zero-order chi connectivity index (χ0) is 9.80. The third-order valence-corrected chi connectivity index (χ3v) is 2.36. The lowest BCUT2D eigenvalue weighted by Crippen LogP contribution is -2.10. The van der Waals surface area contributed by atoms with Crippen molar-refractivity contribution in [2.75, 3.05) is 13.6 Å². The third-order valence-electron chi connectivity index (χ3n) is 2.36. The van der Waals surface area contributed by atoms with Gasteiger partial charge in [0.15, 0.2) is 0 Å². The van der Waals surface area contributed by atoms with Crippen molar-refractivity contribution in [1.29, 1.82) is 0 Å². The van der Waals surface area contributed by atoms with Crippen LogP contribution in [-0.4, -0.2) is 23.1 Å². The fourth-order valence-electron chi connectivity index (χ4n) is 1.64. The van der Waals surface area contributed by atoms with Gasteiger partial charge in [-0.05, 0) is 38.2 Å². The molecule has 2 rings (SSSR count). The molecule has 2 heterocycles. The summed E-state index contributed by atoms with van der Waals surface area (Å²) in [5.74, 6) is 0. The molecule has 74 valence electrons. The van der Waals surface area contributed by atoms with Gasteiger partial charge in [-0.2, -0.15) is 0 Å². The molecule has 0 bridgehead atoms. The molecule has 3 nitrogen and oxygen atoms in total. The molecule has 0 unspecified atom stereocenters. The minimum absolute atomic E-state index is 1.05. The van der Waals surface area contributed by atoms with E-state index in [1.165, 1.54) is 5.52 Å². The van der Waals surface area contributed by atoms with Crippen molar-refractivity contribution in [3.05, 3.63) is 30.6 Å². The Labute approximate surface area is 83.8 Å². The molecular formula is C11H15N3. The first-order valence-corrected chi connectivity index (χ1v) is 4.96. The van der Waals surface area contributed by atoms with Gasteiger partial charge in [-0.3, -0.25) is 4.98 Å². The second kappa shape index (κ2) is 4.24. The van der Waals surface area contributed by atoms with Crippen LogP contribution in [-0.2, 0) is 6.54 Å². The molecule has 2 aromatic rings. The minimum atomic E-state index is 1.05. The minimum Gasteiger partial charge on any atom is -0.346 e. The molecule has 0 aromatic carbocycles. The van der Waals surface area contributed by atoms with Crippen molar-refractivity contribution < 1.29 is 0 Å². The van der Waals surface area contributed by atoms with E-state index in [1.807, 2.05) is 19.3 Å². The highest BCUT2D eigenvalue weighted by atomic mass is 15.0. The molecule has 0 aliphatic heterocycles. The Bertz CT molecular complexity index is 406. The first-order valence-electron chi connectivity index (χ1n) is 4.96. The highest BCUT2D eigenvalue weighted by Gasteiger charge is 1.99. The van der Waals surface area contributed by atoms with Gasteiger partial charge in [-0.1, -0.05) is 0 Å². The predicted octanol–water partition coefficient (Wildman–Crippen LogP) is 1.65. The molecule has 0 aliphatic rings. The van der Waals surface area contributed by atoms with E-state index in [0.717, 1.165) is 25.0 Å². The molecule has 0 aliphatic carbocycles. The summed E-state index contributed by atoms with van der Waals surface area (Å²) >= 11 is 0. The lowest BCUT2D eigenvalue weighted by molar-refractivity contribution is 0.627. The first kappa shape index (κ1) is 9.21. The van der Waals surface area contributed by atoms with Gasteiger partial charge in [0.25, 0.3) is 0 Å². The van der Waals surface area contributed by atoms with E-state index in [9.17, 15) is 0 Å². The smallest absolute Gasteiger partial charge is 0.0880 e. The van der Waals surface area contributed by atoms with Gasteiger partial charge in [0.2, 0.25) is 0 Å². The van der Waals surface area contributed by atoms with E-state index in [-0.39, 0.29) is 0 Å². The van der Waals surface area contributed by atoms with Gasteiger partial charge in [0.1, 0.15) is 0 Å². The van der Waals surface area contributed by atoms with Crippen molar-refractivity contribution >= 4 is 11.0 Å². The molecule has 0 amide bonds. The Morgan fingerprint density at radius 3 is 3.21 bits per heavy atom. The summed E-state index contributed by atoms with van der Waals surface area (Å²) in [5, 5.41) is 3.15. The molecular weight excluding hydrogens is 174 g/mol. The van der Waals surface area contributed by atoms with E-state index in [1.54, 1.807) is 0 Å². The maximum atomic E-state index is 4.29. The van der Waals surface area contributed by atoms with E-state index in [4.69, 9.17) is 0 Å². The van der Waals surface area contributed by atoms with Crippen molar-refractivity contribution in [1.82, 2.24) is 14.9 Å². The number of aromatic nitrogens is 2. The molecule has 0 radical (unpaired) electrons. The Balaban J connectivity index is 2.17. The maximum absolute atomic E-state index is 4.29. The number of hydrogen-bond acceptors (Lipinski definition) is 2. The maximum Gasteiger partial charge on any atom is 0.0880 e. The summed E-state index contributed by atoms with van der Waals surface area (Å²) in [7, 11) is 1.98. The molecule has 0 atom stereocenters. The fourth-order valence-corrected chi connectivity index (χ4v) is 1.64. The van der Waals surface area contributed by atoms with Crippen LogP contribution in [0.15, 0.2) is 30.6 Å². The van der Waals surface area contributed by atoms with Crippen molar-refractivity contribution in [3.8, 4) is 0 Å². The normalized spacial score (nSPS) is 10.9. The number of pyridine rings is 1. The summed E-state index contributed by atoms with van der Waals surface area (Å²) in [5.41, 5.74) is 2.31. The highest BCUT2D eigenvalue weighted by Crippen LogP contribution is 2.12. The van der Waals surface area contributed by atoms with Crippen LogP contribution in [0.2, 0.25) is 0 Å². The predicted molar refractivity (Wildman–Crippen MR) is 58.3 cm³/mol. The Morgan fingerprint density at radius 1 is 1.43 bits per heavy atom. The van der Waals surface area contributed by atoms with Gasteiger partial charge in [-0.25, -0.2) is 0 Å². The number of rotatable bonds is 4. The molecule has 0 saturated heterocycles. The molecule has 0 saturated carbocycles. The average molecular weight is 189 g/mol. The number of hydrogen-bond donors (Lipinski definition) is 1. The zero-order valence-corrected chi connectivity index (χ0v) is 8.40. The quantitative estimate of drug-likeness (QED) is 0.741. The van der Waals surface area contributed by atoms with Crippen LogP contribution < -0.4 is 5.32 Å². The van der Waals surface area contributed by atoms with Crippen molar-refractivity contribution in [3.63, 3.8) is 0 Å². The van der Waals surface area contributed by atoms with Crippen LogP contribution in [0.25, 0.3) is 11.0 Å². The summed E-state index contributed by atoms with van der Waals surface area (Å²) in [6.45, 7) is 2.11. The lowest BCUT2D eigenvalue weighted by atomic mass is 10.3. The summed E-state index contributed by atoms with van der Waals surface area (Å²) < 4.78 is 2.25.